The molecule has 0 spiro atoms. The van der Waals surface area contributed by atoms with E-state index in [1.807, 2.05) is 6.07 Å². The van der Waals surface area contributed by atoms with Crippen LogP contribution < -0.4 is 5.63 Å². The molecule has 3 aromatic rings. The zero-order chi connectivity index (χ0) is 17.6. The Morgan fingerprint density at radius 1 is 1.31 bits per heavy atom. The van der Waals surface area contributed by atoms with Gasteiger partial charge in [0.1, 0.15) is 0 Å². The molecule has 0 amide bonds. The van der Waals surface area contributed by atoms with Crippen LogP contribution in [0.2, 0.25) is 0 Å². The molecular weight excluding hydrogens is 493 g/mol. The fourth-order valence-electron chi connectivity index (χ4n) is 2.96. The van der Waals surface area contributed by atoms with Gasteiger partial charge in [-0.2, -0.15) is 0 Å². The SMILES string of the molecule is Cl.O=C(O)c1cc2ccc3c(Br)c(CN4CCOCC4)[se]c3c2oc1=O. The van der Waals surface area contributed by atoms with E-state index < -0.39 is 11.6 Å². The minimum atomic E-state index is -1.27. The molecule has 138 valence electrons. The maximum atomic E-state index is 12.0. The molecule has 0 bridgehead atoms. The summed E-state index contributed by atoms with van der Waals surface area (Å²) in [6, 6.07) is 5.16. The molecule has 0 atom stereocenters. The van der Waals surface area contributed by atoms with Crippen LogP contribution in [0.15, 0.2) is 31.9 Å². The number of fused-ring (bicyclic) bond motifs is 3. The molecular formula is C17H15BrClNO5Se. The number of carboxylic acids is 1. The number of benzene rings is 1. The Balaban J connectivity index is 0.00000196. The van der Waals surface area contributed by atoms with Crippen molar-refractivity contribution >= 4 is 69.4 Å². The number of ether oxygens (including phenoxy) is 1. The number of halogens is 2. The second kappa shape index (κ2) is 7.84. The topological polar surface area (TPSA) is 80.0 Å². The summed E-state index contributed by atoms with van der Waals surface area (Å²) < 4.78 is 14.1. The van der Waals surface area contributed by atoms with Crippen molar-refractivity contribution in [2.75, 3.05) is 26.3 Å². The number of aromatic carboxylic acids is 1. The van der Waals surface area contributed by atoms with Gasteiger partial charge in [-0.15, -0.1) is 12.4 Å². The average molecular weight is 508 g/mol. The number of rotatable bonds is 3. The van der Waals surface area contributed by atoms with E-state index in [2.05, 4.69) is 20.8 Å². The average Bonchev–Trinajstić information content (AvgIpc) is 2.91. The van der Waals surface area contributed by atoms with Gasteiger partial charge in [-0.25, -0.2) is 0 Å². The molecule has 26 heavy (non-hydrogen) atoms. The molecule has 0 unspecified atom stereocenters. The van der Waals surface area contributed by atoms with Crippen molar-refractivity contribution in [1.29, 1.82) is 0 Å². The van der Waals surface area contributed by atoms with Crippen molar-refractivity contribution < 1.29 is 19.1 Å². The van der Waals surface area contributed by atoms with E-state index in [1.54, 1.807) is 6.07 Å². The molecule has 0 saturated carbocycles. The molecule has 1 saturated heterocycles. The van der Waals surface area contributed by atoms with Gasteiger partial charge in [0.2, 0.25) is 0 Å². The van der Waals surface area contributed by atoms with E-state index in [1.165, 1.54) is 10.5 Å². The Labute approximate surface area is 169 Å². The van der Waals surface area contributed by atoms with Crippen LogP contribution in [0, 0.1) is 0 Å². The zero-order valence-electron chi connectivity index (χ0n) is 13.5. The van der Waals surface area contributed by atoms with Crippen LogP contribution in [0.4, 0.5) is 0 Å². The Kier molecular flexibility index (Phi) is 5.91. The molecule has 1 aromatic carbocycles. The first-order valence-electron chi connectivity index (χ1n) is 7.75. The van der Waals surface area contributed by atoms with Gasteiger partial charge in [-0.1, -0.05) is 0 Å². The summed E-state index contributed by atoms with van der Waals surface area (Å²) in [5.74, 6) is -1.27. The van der Waals surface area contributed by atoms with Crippen LogP contribution in [0.5, 0.6) is 0 Å². The molecule has 1 fully saturated rings. The Morgan fingerprint density at radius 2 is 2.04 bits per heavy atom. The number of morpholine rings is 1. The van der Waals surface area contributed by atoms with Crippen molar-refractivity contribution in [3.05, 3.63) is 43.1 Å². The molecule has 1 N–H and O–H groups in total. The number of hydrogen-bond donors (Lipinski definition) is 1. The van der Waals surface area contributed by atoms with Gasteiger partial charge in [0.15, 0.2) is 0 Å². The van der Waals surface area contributed by atoms with Crippen LogP contribution in [0.1, 0.15) is 14.8 Å². The summed E-state index contributed by atoms with van der Waals surface area (Å²) in [4.78, 5) is 25.5. The Morgan fingerprint density at radius 3 is 2.73 bits per heavy atom. The second-order valence-corrected chi connectivity index (χ2v) is 8.95. The fraction of sp³-hybridized carbons (Fsp3) is 0.294. The summed E-state index contributed by atoms with van der Waals surface area (Å²) in [5, 5.41) is 10.8. The molecule has 0 aliphatic carbocycles. The quantitative estimate of drug-likeness (QED) is 0.434. The molecule has 6 nitrogen and oxygen atoms in total. The van der Waals surface area contributed by atoms with Gasteiger partial charge in [-0.05, 0) is 0 Å². The van der Waals surface area contributed by atoms with Gasteiger partial charge in [0.05, 0.1) is 0 Å². The number of carboxylic acid groups (broad SMARTS) is 1. The standard InChI is InChI=1S/C17H14BrNO5Se.ClH/c18-13-10-2-1-9-7-11(16(20)21)17(22)24-14(9)15(10)25-12(13)8-19-3-5-23-6-4-19;/h1-2,7H,3-6,8H2,(H,20,21);1H. The van der Waals surface area contributed by atoms with Gasteiger partial charge in [0, 0.05) is 0 Å². The first-order chi connectivity index (χ1) is 12.0. The van der Waals surface area contributed by atoms with Crippen LogP contribution in [0.3, 0.4) is 0 Å². The summed E-state index contributed by atoms with van der Waals surface area (Å²) >= 11 is 3.72. The first-order valence-corrected chi connectivity index (χ1v) is 10.3. The van der Waals surface area contributed by atoms with E-state index in [0.717, 1.165) is 47.0 Å². The van der Waals surface area contributed by atoms with Gasteiger partial charge in [0.25, 0.3) is 0 Å². The van der Waals surface area contributed by atoms with Crippen molar-refractivity contribution in [3.63, 3.8) is 0 Å². The molecule has 0 radical (unpaired) electrons. The van der Waals surface area contributed by atoms with Crippen LogP contribution >= 0.6 is 28.3 Å². The summed E-state index contributed by atoms with van der Waals surface area (Å²) in [6.45, 7) is 4.18. The molecule has 2 aromatic heterocycles. The Bertz CT molecular complexity index is 1040. The number of hydrogen-bond acceptors (Lipinski definition) is 5. The molecule has 9 heteroatoms. The van der Waals surface area contributed by atoms with Crippen molar-refractivity contribution in [3.8, 4) is 0 Å². The third-order valence-corrected chi connectivity index (χ3v) is 8.26. The van der Waals surface area contributed by atoms with E-state index in [9.17, 15) is 9.59 Å². The van der Waals surface area contributed by atoms with E-state index >= 15 is 0 Å². The van der Waals surface area contributed by atoms with Gasteiger partial charge >= 0.3 is 157 Å². The summed E-state index contributed by atoms with van der Waals surface area (Å²) in [7, 11) is 0. The second-order valence-electron chi connectivity index (χ2n) is 5.84. The summed E-state index contributed by atoms with van der Waals surface area (Å²) in [6.07, 6.45) is 0. The van der Waals surface area contributed by atoms with Crippen molar-refractivity contribution in [1.82, 2.24) is 4.90 Å². The third-order valence-electron chi connectivity index (χ3n) is 4.26. The van der Waals surface area contributed by atoms with E-state index in [4.69, 9.17) is 14.3 Å². The first kappa shape index (κ1) is 19.6. The minimum absolute atomic E-state index is 0. The molecule has 4 rings (SSSR count). The van der Waals surface area contributed by atoms with Crippen LogP contribution in [0.25, 0.3) is 20.6 Å². The fourth-order valence-corrected chi connectivity index (χ4v) is 6.71. The maximum absolute atomic E-state index is 12.0. The Hall–Kier alpha value is -1.15. The third kappa shape index (κ3) is 3.50. The van der Waals surface area contributed by atoms with Gasteiger partial charge < -0.3 is 0 Å². The predicted molar refractivity (Wildman–Crippen MR) is 105 cm³/mol. The molecule has 1 aliphatic rings. The van der Waals surface area contributed by atoms with Crippen LogP contribution in [-0.2, 0) is 11.3 Å². The normalized spacial score (nSPS) is 15.3. The van der Waals surface area contributed by atoms with E-state index in [0.29, 0.717) is 11.0 Å². The van der Waals surface area contributed by atoms with Gasteiger partial charge in [-0.3, -0.25) is 0 Å². The van der Waals surface area contributed by atoms with Crippen LogP contribution in [-0.4, -0.2) is 56.8 Å². The van der Waals surface area contributed by atoms with Crippen molar-refractivity contribution in [2.24, 2.45) is 0 Å². The number of carbonyl (C=O) groups is 1. The molecule has 1 aliphatic heterocycles. The van der Waals surface area contributed by atoms with E-state index in [-0.39, 0.29) is 32.5 Å². The predicted octanol–water partition coefficient (Wildman–Crippen LogP) is 2.72. The number of nitrogens with zero attached hydrogens (tertiary/aromatic N) is 1. The van der Waals surface area contributed by atoms with Crippen molar-refractivity contribution in [2.45, 2.75) is 6.54 Å². The summed E-state index contributed by atoms with van der Waals surface area (Å²) in [5.41, 5.74) is -0.637. The molecule has 3 heterocycles. The zero-order valence-corrected chi connectivity index (χ0v) is 17.6. The monoisotopic (exact) mass is 507 g/mol.